The van der Waals surface area contributed by atoms with Gasteiger partial charge in [-0.05, 0) is 37.3 Å². The molecule has 0 aliphatic heterocycles. The molecule has 2 atom stereocenters. The van der Waals surface area contributed by atoms with E-state index in [1.165, 1.54) is 19.3 Å². The molecule has 11 heavy (non-hydrogen) atoms. The summed E-state index contributed by atoms with van der Waals surface area (Å²) < 4.78 is 0. The maximum atomic E-state index is 6.21. The van der Waals surface area contributed by atoms with E-state index in [1.54, 1.807) is 5.57 Å². The Morgan fingerprint density at radius 3 is 2.45 bits per heavy atom. The average Bonchev–Trinajstić information content (AvgIpc) is 2.42. The van der Waals surface area contributed by atoms with Crippen molar-refractivity contribution in [2.45, 2.75) is 31.4 Å². The second-order valence-electron chi connectivity index (χ2n) is 3.83. The van der Waals surface area contributed by atoms with Crippen molar-refractivity contribution in [1.82, 2.24) is 0 Å². The van der Waals surface area contributed by atoms with Crippen molar-refractivity contribution in [2.24, 2.45) is 5.92 Å². The standard InChI is InChI=1S/C8H12Cl2Si/c1-11(9,10)8-5-6-2-3-7(8)4-6/h2,7-8H,3-5H2,1H3. The first kappa shape index (κ1) is 8.15. The van der Waals surface area contributed by atoms with Crippen LogP contribution in [0.1, 0.15) is 19.3 Å². The molecule has 0 radical (unpaired) electrons. The molecule has 2 unspecified atom stereocenters. The predicted octanol–water partition coefficient (Wildman–Crippen LogP) is 3.65. The van der Waals surface area contributed by atoms with Crippen LogP contribution in [0.25, 0.3) is 0 Å². The quantitative estimate of drug-likeness (QED) is 0.350. The molecule has 0 amide bonds. The predicted molar refractivity (Wildman–Crippen MR) is 52.5 cm³/mol. The van der Waals surface area contributed by atoms with Crippen LogP contribution >= 0.6 is 22.2 Å². The Labute approximate surface area is 78.0 Å². The van der Waals surface area contributed by atoms with Crippen molar-refractivity contribution >= 4 is 28.9 Å². The smallest absolute Gasteiger partial charge is 0.146 e. The zero-order valence-electron chi connectivity index (χ0n) is 6.61. The van der Waals surface area contributed by atoms with Crippen molar-refractivity contribution < 1.29 is 0 Å². The minimum Gasteiger partial charge on any atom is -0.146 e. The lowest BCUT2D eigenvalue weighted by Crippen LogP contribution is -2.25. The number of allylic oxidation sites excluding steroid dienone is 2. The molecule has 3 heteroatoms. The summed E-state index contributed by atoms with van der Waals surface area (Å²) in [4.78, 5) is 0. The van der Waals surface area contributed by atoms with Crippen LogP contribution in [0.15, 0.2) is 11.6 Å². The molecule has 0 saturated heterocycles. The summed E-state index contributed by atoms with van der Waals surface area (Å²) in [6, 6.07) is 0. The molecular weight excluding hydrogens is 195 g/mol. The summed E-state index contributed by atoms with van der Waals surface area (Å²) in [5.74, 6) is 0.802. The van der Waals surface area contributed by atoms with E-state index in [-0.39, 0.29) is 0 Å². The Morgan fingerprint density at radius 2 is 2.18 bits per heavy atom. The molecular formula is C8H12Cl2Si. The van der Waals surface area contributed by atoms with Gasteiger partial charge in [-0.3, -0.25) is 0 Å². The molecule has 1 saturated carbocycles. The number of rotatable bonds is 1. The normalized spacial score (nSPS) is 36.1. The van der Waals surface area contributed by atoms with Crippen molar-refractivity contribution in [3.05, 3.63) is 11.6 Å². The lowest BCUT2D eigenvalue weighted by atomic mass is 10.1. The minimum atomic E-state index is -1.87. The molecule has 0 heterocycles. The first-order valence-corrected chi connectivity index (χ1v) is 8.73. The fraction of sp³-hybridized carbons (Fsp3) is 0.750. The van der Waals surface area contributed by atoms with Crippen LogP contribution in [-0.2, 0) is 0 Å². The van der Waals surface area contributed by atoms with Gasteiger partial charge < -0.3 is 0 Å². The van der Waals surface area contributed by atoms with Gasteiger partial charge in [0.25, 0.3) is 6.69 Å². The Balaban J connectivity index is 2.15. The van der Waals surface area contributed by atoms with E-state index in [9.17, 15) is 0 Å². The molecule has 2 bridgehead atoms. The van der Waals surface area contributed by atoms with Gasteiger partial charge in [-0.15, -0.1) is 22.2 Å². The summed E-state index contributed by atoms with van der Waals surface area (Å²) in [5, 5.41) is 0. The molecule has 0 N–H and O–H groups in total. The Hall–Kier alpha value is 0.537. The van der Waals surface area contributed by atoms with Gasteiger partial charge in [0.1, 0.15) is 0 Å². The molecule has 62 valence electrons. The fourth-order valence-electron chi connectivity index (χ4n) is 2.34. The third-order valence-electron chi connectivity index (χ3n) is 2.94. The van der Waals surface area contributed by atoms with Gasteiger partial charge in [0.05, 0.1) is 0 Å². The van der Waals surface area contributed by atoms with Crippen LogP contribution in [0.4, 0.5) is 0 Å². The van der Waals surface area contributed by atoms with E-state index >= 15 is 0 Å². The molecule has 0 aromatic carbocycles. The summed E-state index contributed by atoms with van der Waals surface area (Å²) >= 11 is 12.4. The van der Waals surface area contributed by atoms with Crippen molar-refractivity contribution in [1.29, 1.82) is 0 Å². The molecule has 0 aromatic rings. The van der Waals surface area contributed by atoms with E-state index in [0.717, 1.165) is 5.92 Å². The van der Waals surface area contributed by atoms with Gasteiger partial charge in [0.15, 0.2) is 0 Å². The zero-order valence-corrected chi connectivity index (χ0v) is 9.12. The van der Waals surface area contributed by atoms with Crippen LogP contribution < -0.4 is 0 Å². The van der Waals surface area contributed by atoms with E-state index in [1.807, 2.05) is 0 Å². The topological polar surface area (TPSA) is 0 Å². The highest BCUT2D eigenvalue weighted by atomic mass is 35.7. The highest BCUT2D eigenvalue weighted by Crippen LogP contribution is 2.54. The van der Waals surface area contributed by atoms with Gasteiger partial charge in [-0.1, -0.05) is 11.6 Å². The fourth-order valence-corrected chi connectivity index (χ4v) is 5.57. The molecule has 2 aliphatic rings. The highest BCUT2D eigenvalue weighted by molar-refractivity contribution is 7.45. The number of hydrogen-bond acceptors (Lipinski definition) is 0. The van der Waals surface area contributed by atoms with Gasteiger partial charge >= 0.3 is 0 Å². The number of fused-ring (bicyclic) bond motifs is 2. The molecule has 2 aliphatic carbocycles. The second kappa shape index (κ2) is 2.51. The van der Waals surface area contributed by atoms with E-state index in [4.69, 9.17) is 22.2 Å². The van der Waals surface area contributed by atoms with Crippen LogP contribution in [0.5, 0.6) is 0 Å². The first-order chi connectivity index (χ1) is 5.07. The number of hydrogen-bond donors (Lipinski definition) is 0. The molecule has 0 aromatic heterocycles. The number of halogens is 2. The first-order valence-electron chi connectivity index (χ1n) is 4.13. The minimum absolute atomic E-state index is 0.644. The SMILES string of the molecule is C[Si](Cl)(Cl)C1CC2=CCC1C2. The van der Waals surface area contributed by atoms with Gasteiger partial charge in [-0.2, -0.15) is 0 Å². The van der Waals surface area contributed by atoms with E-state index in [0.29, 0.717) is 5.54 Å². The third-order valence-corrected chi connectivity index (χ3v) is 6.60. The lowest BCUT2D eigenvalue weighted by Gasteiger charge is -2.25. The molecule has 0 nitrogen and oxygen atoms in total. The van der Waals surface area contributed by atoms with Crippen LogP contribution in [0.3, 0.4) is 0 Å². The zero-order chi connectivity index (χ0) is 8.06. The Morgan fingerprint density at radius 1 is 1.45 bits per heavy atom. The largest absolute Gasteiger partial charge is 0.251 e. The maximum absolute atomic E-state index is 6.21. The summed E-state index contributed by atoms with van der Waals surface area (Å²) in [7, 11) is 0. The third kappa shape index (κ3) is 1.39. The van der Waals surface area contributed by atoms with Gasteiger partial charge in [0, 0.05) is 0 Å². The summed E-state index contributed by atoms with van der Waals surface area (Å²) in [6.07, 6.45) is 6.09. The lowest BCUT2D eigenvalue weighted by molar-refractivity contribution is 0.567. The molecule has 1 fully saturated rings. The highest BCUT2D eigenvalue weighted by Gasteiger charge is 2.45. The summed E-state index contributed by atoms with van der Waals surface area (Å²) in [6.45, 7) is 0.183. The molecule has 0 spiro atoms. The maximum Gasteiger partial charge on any atom is 0.251 e. The van der Waals surface area contributed by atoms with Gasteiger partial charge in [-0.25, -0.2) is 0 Å². The monoisotopic (exact) mass is 206 g/mol. The Kier molecular flexibility index (Phi) is 1.86. The van der Waals surface area contributed by atoms with Crippen molar-refractivity contribution in [2.75, 3.05) is 0 Å². The van der Waals surface area contributed by atoms with Gasteiger partial charge in [0.2, 0.25) is 0 Å². The van der Waals surface area contributed by atoms with Crippen molar-refractivity contribution in [3.63, 3.8) is 0 Å². The van der Waals surface area contributed by atoms with E-state index < -0.39 is 6.69 Å². The average molecular weight is 207 g/mol. The second-order valence-corrected chi connectivity index (χ2v) is 11.8. The van der Waals surface area contributed by atoms with Crippen LogP contribution in [0.2, 0.25) is 12.1 Å². The molecule has 2 rings (SSSR count). The summed E-state index contributed by atoms with van der Waals surface area (Å²) in [5.41, 5.74) is 2.26. The van der Waals surface area contributed by atoms with Crippen LogP contribution in [-0.4, -0.2) is 6.69 Å². The Bertz CT molecular complexity index is 205. The van der Waals surface area contributed by atoms with Crippen molar-refractivity contribution in [3.8, 4) is 0 Å². The van der Waals surface area contributed by atoms with Crippen LogP contribution in [0, 0.1) is 5.92 Å². The van der Waals surface area contributed by atoms with E-state index in [2.05, 4.69) is 12.6 Å².